The lowest BCUT2D eigenvalue weighted by atomic mass is 10.2. The predicted molar refractivity (Wildman–Crippen MR) is 58.1 cm³/mol. The smallest absolute Gasteiger partial charge is 0.323 e. The predicted octanol–water partition coefficient (Wildman–Crippen LogP) is 0.119. The van der Waals surface area contributed by atoms with Crippen molar-refractivity contribution in [3.63, 3.8) is 0 Å². The zero-order chi connectivity index (χ0) is 10.7. The first-order chi connectivity index (χ1) is 7.25. The largest absolute Gasteiger partial charge is 0.480 e. The van der Waals surface area contributed by atoms with Gasteiger partial charge in [-0.1, -0.05) is 30.3 Å². The second kappa shape index (κ2) is 4.00. The van der Waals surface area contributed by atoms with Gasteiger partial charge in [0, 0.05) is 12.4 Å². The van der Waals surface area contributed by atoms with Crippen molar-refractivity contribution in [1.82, 2.24) is 4.90 Å². The van der Waals surface area contributed by atoms with E-state index in [1.807, 2.05) is 42.6 Å². The number of fused-ring (bicyclic) bond motifs is 1. The molecule has 76 valence electrons. The summed E-state index contributed by atoms with van der Waals surface area (Å²) in [5.74, 6) is -0.838. The van der Waals surface area contributed by atoms with E-state index in [1.165, 1.54) is 0 Å². The number of benzene rings is 1. The van der Waals surface area contributed by atoms with Gasteiger partial charge in [-0.05, 0) is 16.5 Å². The molecule has 0 bridgehead atoms. The fraction of sp³-hybridized carbons (Fsp3) is 0.0833. The van der Waals surface area contributed by atoms with Crippen LogP contribution in [0.2, 0.25) is 0 Å². The normalized spacial score (nSPS) is 13.5. The van der Waals surface area contributed by atoms with Crippen molar-refractivity contribution in [3.05, 3.63) is 47.0 Å². The maximum absolute atomic E-state index is 10.6. The summed E-state index contributed by atoms with van der Waals surface area (Å²) in [5.41, 5.74) is 0. The lowest BCUT2D eigenvalue weighted by Gasteiger charge is -2.10. The van der Waals surface area contributed by atoms with Crippen molar-refractivity contribution in [2.24, 2.45) is 0 Å². The highest BCUT2D eigenvalue weighted by Gasteiger charge is 2.02. The summed E-state index contributed by atoms with van der Waals surface area (Å²) in [6.45, 7) is -0.0152. The van der Waals surface area contributed by atoms with Crippen LogP contribution in [-0.4, -0.2) is 22.5 Å². The van der Waals surface area contributed by atoms with Crippen molar-refractivity contribution < 1.29 is 9.90 Å². The lowest BCUT2D eigenvalue weighted by molar-refractivity contribution is -0.137. The van der Waals surface area contributed by atoms with E-state index < -0.39 is 5.97 Å². The quantitative estimate of drug-likeness (QED) is 0.738. The van der Waals surface area contributed by atoms with Gasteiger partial charge in [0.05, 0.1) is 0 Å². The fourth-order valence-electron chi connectivity index (χ4n) is 1.51. The monoisotopic (exact) mass is 201 g/mol. The summed E-state index contributed by atoms with van der Waals surface area (Å²) in [6, 6.07) is 7.87. The third-order valence-electron chi connectivity index (χ3n) is 2.17. The van der Waals surface area contributed by atoms with Gasteiger partial charge in [-0.25, -0.2) is 0 Å². The van der Waals surface area contributed by atoms with E-state index in [2.05, 4.69) is 0 Å². The molecule has 0 amide bonds. The molecule has 0 unspecified atom stereocenters. The van der Waals surface area contributed by atoms with Gasteiger partial charge in [0.25, 0.3) is 0 Å². The summed E-state index contributed by atoms with van der Waals surface area (Å²) < 4.78 is 0. The summed E-state index contributed by atoms with van der Waals surface area (Å²) in [6.07, 6.45) is 7.41. The molecule has 3 nitrogen and oxygen atoms in total. The number of rotatable bonds is 2. The molecule has 1 aromatic rings. The molecule has 0 aliphatic carbocycles. The second-order valence-corrected chi connectivity index (χ2v) is 3.33. The Bertz CT molecular complexity index is 517. The van der Waals surface area contributed by atoms with E-state index in [1.54, 1.807) is 11.1 Å². The molecule has 15 heavy (non-hydrogen) atoms. The third-order valence-corrected chi connectivity index (χ3v) is 2.17. The molecular formula is C12H11NO2. The van der Waals surface area contributed by atoms with Gasteiger partial charge in [-0.3, -0.25) is 4.79 Å². The van der Waals surface area contributed by atoms with Crippen molar-refractivity contribution in [2.45, 2.75) is 0 Å². The number of carboxylic acid groups (broad SMARTS) is 1. The molecule has 0 spiro atoms. The standard InChI is InChI=1S/C12H11NO2/c14-12(15)9-13-7-3-6-10-4-1-2-5-11(10)8-13/h1-8H,9H2,(H,14,15). The molecular weight excluding hydrogens is 190 g/mol. The second-order valence-electron chi connectivity index (χ2n) is 3.33. The highest BCUT2D eigenvalue weighted by Crippen LogP contribution is 1.93. The van der Waals surface area contributed by atoms with E-state index in [-0.39, 0.29) is 6.54 Å². The first-order valence-corrected chi connectivity index (χ1v) is 4.69. The van der Waals surface area contributed by atoms with Crippen molar-refractivity contribution in [3.8, 4) is 0 Å². The van der Waals surface area contributed by atoms with Gasteiger partial charge < -0.3 is 10.0 Å². The van der Waals surface area contributed by atoms with Crippen LogP contribution in [0, 0.1) is 0 Å². The zero-order valence-corrected chi connectivity index (χ0v) is 8.13. The first-order valence-electron chi connectivity index (χ1n) is 4.69. The third kappa shape index (κ3) is 2.26. The van der Waals surface area contributed by atoms with Gasteiger partial charge in [0.2, 0.25) is 0 Å². The first kappa shape index (κ1) is 9.52. The Balaban J connectivity index is 2.43. The molecule has 0 fully saturated rings. The van der Waals surface area contributed by atoms with E-state index in [9.17, 15) is 4.79 Å². The number of hydrogen-bond donors (Lipinski definition) is 1. The van der Waals surface area contributed by atoms with E-state index in [4.69, 9.17) is 5.11 Å². The van der Waals surface area contributed by atoms with Crippen LogP contribution in [0.15, 0.2) is 36.5 Å². The van der Waals surface area contributed by atoms with Crippen LogP contribution < -0.4 is 10.4 Å². The Labute approximate surface area is 87.3 Å². The molecule has 1 heterocycles. The summed E-state index contributed by atoms with van der Waals surface area (Å²) in [4.78, 5) is 12.2. The number of nitrogens with zero attached hydrogens (tertiary/aromatic N) is 1. The molecule has 2 rings (SSSR count). The zero-order valence-electron chi connectivity index (χ0n) is 8.13. The Morgan fingerprint density at radius 2 is 2.00 bits per heavy atom. The van der Waals surface area contributed by atoms with E-state index in [0.717, 1.165) is 10.4 Å². The molecule has 0 atom stereocenters. The van der Waals surface area contributed by atoms with Crippen LogP contribution in [0.4, 0.5) is 0 Å². The summed E-state index contributed by atoms with van der Waals surface area (Å²) in [5, 5.41) is 10.8. The topological polar surface area (TPSA) is 40.5 Å². The van der Waals surface area contributed by atoms with Crippen molar-refractivity contribution in [2.75, 3.05) is 6.54 Å². The molecule has 1 aliphatic heterocycles. The number of carboxylic acids is 1. The van der Waals surface area contributed by atoms with E-state index >= 15 is 0 Å². The Kier molecular flexibility index (Phi) is 2.54. The van der Waals surface area contributed by atoms with Crippen molar-refractivity contribution >= 4 is 18.2 Å². The Morgan fingerprint density at radius 1 is 1.27 bits per heavy atom. The minimum atomic E-state index is -0.838. The van der Waals surface area contributed by atoms with Gasteiger partial charge in [-0.2, -0.15) is 0 Å². The van der Waals surface area contributed by atoms with Crippen LogP contribution in [0.25, 0.3) is 12.3 Å². The van der Waals surface area contributed by atoms with Gasteiger partial charge in [-0.15, -0.1) is 0 Å². The van der Waals surface area contributed by atoms with Crippen LogP contribution in [0.5, 0.6) is 0 Å². The molecule has 1 N–H and O–H groups in total. The maximum Gasteiger partial charge on any atom is 0.323 e. The highest BCUT2D eigenvalue weighted by atomic mass is 16.4. The van der Waals surface area contributed by atoms with Crippen LogP contribution in [-0.2, 0) is 4.79 Å². The molecule has 0 saturated carbocycles. The molecule has 1 aromatic carbocycles. The number of aliphatic carboxylic acids is 1. The molecule has 0 aromatic heterocycles. The average molecular weight is 201 g/mol. The molecule has 3 heteroatoms. The lowest BCUT2D eigenvalue weighted by Crippen LogP contribution is -2.27. The van der Waals surface area contributed by atoms with Gasteiger partial charge in [0.1, 0.15) is 6.54 Å². The van der Waals surface area contributed by atoms with Gasteiger partial charge >= 0.3 is 5.97 Å². The number of hydrogen-bond acceptors (Lipinski definition) is 2. The van der Waals surface area contributed by atoms with Gasteiger partial charge in [0.15, 0.2) is 0 Å². The average Bonchev–Trinajstić information content (AvgIpc) is 2.38. The highest BCUT2D eigenvalue weighted by molar-refractivity contribution is 5.70. The van der Waals surface area contributed by atoms with Crippen LogP contribution in [0.3, 0.4) is 0 Å². The summed E-state index contributed by atoms with van der Waals surface area (Å²) >= 11 is 0. The number of carbonyl (C=O) groups is 1. The maximum atomic E-state index is 10.6. The fourth-order valence-corrected chi connectivity index (χ4v) is 1.51. The molecule has 1 aliphatic rings. The van der Waals surface area contributed by atoms with E-state index in [0.29, 0.717) is 0 Å². The van der Waals surface area contributed by atoms with Crippen molar-refractivity contribution in [1.29, 1.82) is 0 Å². The SMILES string of the molecule is O=C(O)CN1C=CC=c2ccccc2=C1. The Morgan fingerprint density at radius 3 is 2.73 bits per heavy atom. The number of allylic oxidation sites excluding steroid dienone is 1. The summed E-state index contributed by atoms with van der Waals surface area (Å²) in [7, 11) is 0. The molecule has 0 radical (unpaired) electrons. The minimum absolute atomic E-state index is 0.0152. The minimum Gasteiger partial charge on any atom is -0.480 e. The Hall–Kier alpha value is -2.03. The van der Waals surface area contributed by atoms with Crippen LogP contribution in [0.1, 0.15) is 0 Å². The molecule has 0 saturated heterocycles. The van der Waals surface area contributed by atoms with Crippen LogP contribution >= 0.6 is 0 Å².